The van der Waals surface area contributed by atoms with Crippen molar-refractivity contribution in [2.24, 2.45) is 5.73 Å². The van der Waals surface area contributed by atoms with Crippen molar-refractivity contribution < 1.29 is 8.42 Å². The van der Waals surface area contributed by atoms with Gasteiger partial charge in [0, 0.05) is 17.5 Å². The van der Waals surface area contributed by atoms with Crippen molar-refractivity contribution in [3.05, 3.63) is 16.5 Å². The van der Waals surface area contributed by atoms with Crippen LogP contribution >= 0.6 is 11.3 Å². The maximum atomic E-state index is 12.0. The minimum Gasteiger partial charge on any atom is -0.326 e. The summed E-state index contributed by atoms with van der Waals surface area (Å²) in [5.41, 5.74) is 6.50. The average Bonchev–Trinajstić information content (AvgIpc) is 2.54. The molecule has 1 aromatic heterocycles. The molecule has 0 unspecified atom stereocenters. The first-order chi connectivity index (χ1) is 7.53. The molecule has 1 fully saturated rings. The molecule has 0 amide bonds. The van der Waals surface area contributed by atoms with Crippen LogP contribution in [-0.2, 0) is 16.6 Å². The molecule has 1 aliphatic rings. The number of hydrogen-bond donors (Lipinski definition) is 2. The van der Waals surface area contributed by atoms with Gasteiger partial charge in [-0.2, -0.15) is 0 Å². The van der Waals surface area contributed by atoms with E-state index in [2.05, 4.69) is 4.72 Å². The largest absolute Gasteiger partial charge is 0.326 e. The number of rotatable bonds is 4. The zero-order valence-corrected chi connectivity index (χ0v) is 10.8. The summed E-state index contributed by atoms with van der Waals surface area (Å²) in [6.07, 6.45) is 3.02. The van der Waals surface area contributed by atoms with Gasteiger partial charge in [-0.1, -0.05) is 6.42 Å². The third kappa shape index (κ3) is 2.29. The summed E-state index contributed by atoms with van der Waals surface area (Å²) in [6.45, 7) is 2.29. The van der Waals surface area contributed by atoms with Crippen molar-refractivity contribution >= 4 is 21.4 Å². The monoisotopic (exact) mass is 260 g/mol. The van der Waals surface area contributed by atoms with Crippen LogP contribution in [0.4, 0.5) is 0 Å². The fourth-order valence-electron chi connectivity index (χ4n) is 1.63. The highest BCUT2D eigenvalue weighted by Crippen LogP contribution is 2.27. The lowest BCUT2D eigenvalue weighted by atomic mass is 9.94. The van der Waals surface area contributed by atoms with Crippen LogP contribution in [0.5, 0.6) is 0 Å². The van der Waals surface area contributed by atoms with Crippen molar-refractivity contribution in [3.63, 3.8) is 0 Å². The molecule has 0 bridgehead atoms. The van der Waals surface area contributed by atoms with E-state index in [9.17, 15) is 8.42 Å². The number of thiophene rings is 1. The van der Waals surface area contributed by atoms with Crippen LogP contribution in [-0.4, -0.2) is 14.5 Å². The Hall–Kier alpha value is -0.430. The summed E-state index contributed by atoms with van der Waals surface area (Å²) in [5.74, 6) is 0. The van der Waals surface area contributed by atoms with E-state index in [4.69, 9.17) is 5.73 Å². The molecule has 0 spiro atoms. The topological polar surface area (TPSA) is 72.2 Å². The molecule has 0 atom stereocenters. The van der Waals surface area contributed by atoms with E-state index in [1.54, 1.807) is 6.07 Å². The maximum absolute atomic E-state index is 12.0. The van der Waals surface area contributed by atoms with E-state index in [1.165, 1.54) is 11.3 Å². The van der Waals surface area contributed by atoms with Gasteiger partial charge in [0.15, 0.2) is 0 Å². The Morgan fingerprint density at radius 1 is 1.56 bits per heavy atom. The Bertz CT molecular complexity index is 475. The number of nitrogens with two attached hydrogens (primary N) is 1. The molecular weight excluding hydrogens is 244 g/mol. The third-order valence-electron chi connectivity index (χ3n) is 2.88. The summed E-state index contributed by atoms with van der Waals surface area (Å²) in [5, 5.41) is 0. The van der Waals surface area contributed by atoms with E-state index in [0.717, 1.165) is 29.7 Å². The molecule has 90 valence electrons. The van der Waals surface area contributed by atoms with E-state index < -0.39 is 10.0 Å². The quantitative estimate of drug-likeness (QED) is 0.858. The normalized spacial score (nSPS) is 17.4. The first-order valence-electron chi connectivity index (χ1n) is 5.34. The Morgan fingerprint density at radius 3 is 2.69 bits per heavy atom. The Labute approximate surface area is 99.9 Å². The van der Waals surface area contributed by atoms with E-state index in [1.807, 2.05) is 6.92 Å². The molecule has 2 rings (SSSR count). The van der Waals surface area contributed by atoms with Gasteiger partial charge in [0.25, 0.3) is 0 Å². The Balaban J connectivity index is 2.20. The molecule has 1 saturated carbocycles. The molecule has 1 aromatic rings. The second-order valence-corrected chi connectivity index (χ2v) is 7.20. The third-order valence-corrected chi connectivity index (χ3v) is 6.13. The molecule has 16 heavy (non-hydrogen) atoms. The molecule has 4 nitrogen and oxygen atoms in total. The van der Waals surface area contributed by atoms with Crippen LogP contribution in [0.15, 0.2) is 10.3 Å². The van der Waals surface area contributed by atoms with Crippen LogP contribution in [0, 0.1) is 6.92 Å². The summed E-state index contributed by atoms with van der Waals surface area (Å²) < 4.78 is 27.1. The van der Waals surface area contributed by atoms with Crippen LogP contribution in [0.25, 0.3) is 0 Å². The Kier molecular flexibility index (Phi) is 3.34. The van der Waals surface area contributed by atoms with Gasteiger partial charge in [0.1, 0.15) is 4.21 Å². The van der Waals surface area contributed by atoms with Crippen LogP contribution in [0.1, 0.15) is 29.7 Å². The standard InChI is InChI=1S/C10H16N2O2S2/c1-7-5-10(15-9(7)6-11)16(13,14)12-8-3-2-4-8/h5,8,12H,2-4,6,11H2,1H3. The zero-order chi connectivity index (χ0) is 11.8. The molecule has 6 heteroatoms. The molecule has 0 aromatic carbocycles. The predicted molar refractivity (Wildman–Crippen MR) is 64.9 cm³/mol. The van der Waals surface area contributed by atoms with Gasteiger partial charge in [-0.15, -0.1) is 11.3 Å². The van der Waals surface area contributed by atoms with Gasteiger partial charge in [0.05, 0.1) is 0 Å². The van der Waals surface area contributed by atoms with Gasteiger partial charge in [-0.25, -0.2) is 13.1 Å². The second-order valence-electron chi connectivity index (χ2n) is 4.12. The zero-order valence-electron chi connectivity index (χ0n) is 9.19. The van der Waals surface area contributed by atoms with Gasteiger partial charge in [-0.3, -0.25) is 0 Å². The first-order valence-corrected chi connectivity index (χ1v) is 7.64. The molecular formula is C10H16N2O2S2. The van der Waals surface area contributed by atoms with Crippen LogP contribution < -0.4 is 10.5 Å². The van der Waals surface area contributed by atoms with Gasteiger partial charge in [0.2, 0.25) is 10.0 Å². The molecule has 0 aliphatic heterocycles. The minimum absolute atomic E-state index is 0.133. The lowest BCUT2D eigenvalue weighted by Crippen LogP contribution is -2.39. The van der Waals surface area contributed by atoms with Crippen molar-refractivity contribution in [2.75, 3.05) is 0 Å². The highest BCUT2D eigenvalue weighted by atomic mass is 32.2. The molecule has 3 N–H and O–H groups in total. The molecule has 0 saturated heterocycles. The second kappa shape index (κ2) is 4.44. The summed E-state index contributed by atoms with van der Waals surface area (Å²) in [7, 11) is -3.32. The highest BCUT2D eigenvalue weighted by molar-refractivity contribution is 7.91. The number of nitrogens with one attached hydrogen (secondary N) is 1. The lowest BCUT2D eigenvalue weighted by molar-refractivity contribution is 0.384. The number of sulfonamides is 1. The van der Waals surface area contributed by atoms with Crippen molar-refractivity contribution in [1.29, 1.82) is 0 Å². The number of hydrogen-bond acceptors (Lipinski definition) is 4. The predicted octanol–water partition coefficient (Wildman–Crippen LogP) is 1.35. The lowest BCUT2D eigenvalue weighted by Gasteiger charge is -2.25. The fourth-order valence-corrected chi connectivity index (χ4v) is 4.42. The van der Waals surface area contributed by atoms with Crippen molar-refractivity contribution in [1.82, 2.24) is 4.72 Å². The molecule has 0 radical (unpaired) electrons. The first kappa shape index (κ1) is 12.0. The van der Waals surface area contributed by atoms with Gasteiger partial charge in [-0.05, 0) is 31.4 Å². The van der Waals surface area contributed by atoms with Crippen LogP contribution in [0.2, 0.25) is 0 Å². The Morgan fingerprint density at radius 2 is 2.25 bits per heavy atom. The SMILES string of the molecule is Cc1cc(S(=O)(=O)NC2CCC2)sc1CN. The summed E-state index contributed by atoms with van der Waals surface area (Å²) in [4.78, 5) is 0.939. The van der Waals surface area contributed by atoms with Crippen LogP contribution in [0.3, 0.4) is 0 Å². The van der Waals surface area contributed by atoms with Crippen molar-refractivity contribution in [2.45, 2.75) is 43.0 Å². The smallest absolute Gasteiger partial charge is 0.250 e. The van der Waals surface area contributed by atoms with Gasteiger partial charge >= 0.3 is 0 Å². The summed E-state index contributed by atoms with van der Waals surface area (Å²) >= 11 is 1.27. The molecule has 1 heterocycles. The van der Waals surface area contributed by atoms with E-state index in [-0.39, 0.29) is 6.04 Å². The van der Waals surface area contributed by atoms with E-state index >= 15 is 0 Å². The average molecular weight is 260 g/mol. The molecule has 1 aliphatic carbocycles. The number of aryl methyl sites for hydroxylation is 1. The summed E-state index contributed by atoms with van der Waals surface area (Å²) in [6, 6.07) is 1.84. The highest BCUT2D eigenvalue weighted by Gasteiger charge is 2.26. The van der Waals surface area contributed by atoms with E-state index in [0.29, 0.717) is 10.8 Å². The minimum atomic E-state index is -3.32. The van der Waals surface area contributed by atoms with Gasteiger partial charge < -0.3 is 5.73 Å². The van der Waals surface area contributed by atoms with Crippen molar-refractivity contribution in [3.8, 4) is 0 Å². The maximum Gasteiger partial charge on any atom is 0.250 e. The fraction of sp³-hybridized carbons (Fsp3) is 0.600.